The maximum Gasteiger partial charge on any atom is 0.248 e. The molecule has 1 aliphatic carbocycles. The number of halogens is 3. The van der Waals surface area contributed by atoms with E-state index in [1.807, 2.05) is 45.0 Å². The number of rotatable bonds is 4. The molecule has 6 heteroatoms. The van der Waals surface area contributed by atoms with Gasteiger partial charge in [0.15, 0.2) is 0 Å². The summed E-state index contributed by atoms with van der Waals surface area (Å²) in [6.07, 6.45) is 0.532. The van der Waals surface area contributed by atoms with Gasteiger partial charge in [0.2, 0.25) is 11.8 Å². The SMILES string of the molecule is CC.Cc1cc(N2CCc3cc(F)ccc3C2)ccc1NC(=O)CC1CC(F)(F)C1. The van der Waals surface area contributed by atoms with Crippen LogP contribution in [0.1, 0.15) is 49.8 Å². The molecule has 0 spiro atoms. The van der Waals surface area contributed by atoms with Crippen LogP contribution >= 0.6 is 0 Å². The second kappa shape index (κ2) is 9.11. The topological polar surface area (TPSA) is 32.3 Å². The highest BCUT2D eigenvalue weighted by Gasteiger charge is 2.45. The zero-order chi connectivity index (χ0) is 21.9. The Morgan fingerprint density at radius 3 is 2.53 bits per heavy atom. The number of carbonyl (C=O) groups is 1. The standard InChI is InChI=1S/C22H23F3N2O.C2H6/c1-14-8-19(27-7-6-16-10-18(23)3-2-17(16)13-27)4-5-20(14)26-21(28)9-15-11-22(24,25)12-15;1-2/h2-5,8,10,15H,6-7,9,11-13H2,1H3,(H,26,28);1-2H3. The van der Waals surface area contributed by atoms with Crippen LogP contribution in [0.5, 0.6) is 0 Å². The number of alkyl halides is 2. The van der Waals surface area contributed by atoms with Gasteiger partial charge in [-0.05, 0) is 66.3 Å². The lowest BCUT2D eigenvalue weighted by Gasteiger charge is -2.34. The molecule has 0 unspecified atom stereocenters. The van der Waals surface area contributed by atoms with Crippen LogP contribution in [0.2, 0.25) is 0 Å². The van der Waals surface area contributed by atoms with Crippen LogP contribution in [-0.2, 0) is 17.8 Å². The van der Waals surface area contributed by atoms with Gasteiger partial charge in [-0.25, -0.2) is 13.2 Å². The third-order valence-corrected chi connectivity index (χ3v) is 5.68. The Labute approximate surface area is 176 Å². The van der Waals surface area contributed by atoms with Crippen LogP contribution < -0.4 is 10.2 Å². The van der Waals surface area contributed by atoms with E-state index in [0.717, 1.165) is 41.9 Å². The minimum atomic E-state index is -2.60. The Hall–Kier alpha value is -2.50. The van der Waals surface area contributed by atoms with Gasteiger partial charge >= 0.3 is 0 Å². The number of fused-ring (bicyclic) bond motifs is 1. The van der Waals surface area contributed by atoms with Crippen molar-refractivity contribution in [1.82, 2.24) is 0 Å². The first kappa shape index (κ1) is 22.2. The second-order valence-electron chi connectivity index (χ2n) is 7.97. The van der Waals surface area contributed by atoms with Gasteiger partial charge in [-0.1, -0.05) is 19.9 Å². The maximum atomic E-state index is 13.4. The Bertz CT molecular complexity index is 905. The van der Waals surface area contributed by atoms with E-state index in [1.165, 1.54) is 6.07 Å². The third-order valence-electron chi connectivity index (χ3n) is 5.68. The van der Waals surface area contributed by atoms with E-state index in [2.05, 4.69) is 10.2 Å². The summed E-state index contributed by atoms with van der Waals surface area (Å²) in [5.74, 6) is -3.24. The fraction of sp³-hybridized carbons (Fsp3) is 0.458. The number of nitrogens with zero attached hydrogens (tertiary/aromatic N) is 1. The van der Waals surface area contributed by atoms with Crippen LogP contribution in [0.25, 0.3) is 0 Å². The highest BCUT2D eigenvalue weighted by atomic mass is 19.3. The predicted octanol–water partition coefficient (Wildman–Crippen LogP) is 6.10. The zero-order valence-electron chi connectivity index (χ0n) is 17.8. The molecular weight excluding hydrogens is 389 g/mol. The van der Waals surface area contributed by atoms with Crippen molar-refractivity contribution in [3.8, 4) is 0 Å². The minimum absolute atomic E-state index is 0.135. The molecule has 0 bridgehead atoms. The Balaban J connectivity index is 0.00000124. The van der Waals surface area contributed by atoms with Crippen molar-refractivity contribution in [1.29, 1.82) is 0 Å². The summed E-state index contributed by atoms with van der Waals surface area (Å²) >= 11 is 0. The molecule has 30 heavy (non-hydrogen) atoms. The summed E-state index contributed by atoms with van der Waals surface area (Å²) in [6, 6.07) is 10.8. The zero-order valence-corrected chi connectivity index (χ0v) is 17.8. The van der Waals surface area contributed by atoms with Gasteiger partial charge in [-0.3, -0.25) is 4.79 Å². The molecule has 1 amide bonds. The first-order valence-corrected chi connectivity index (χ1v) is 10.6. The summed E-state index contributed by atoms with van der Waals surface area (Å²) in [5.41, 5.74) is 4.86. The molecule has 2 aromatic carbocycles. The molecule has 3 nitrogen and oxygen atoms in total. The van der Waals surface area contributed by atoms with Gasteiger partial charge in [-0.15, -0.1) is 0 Å². The third kappa shape index (κ3) is 5.15. The Kier molecular flexibility index (Phi) is 6.74. The number of carbonyl (C=O) groups excluding carboxylic acids is 1. The first-order chi connectivity index (χ1) is 14.3. The molecule has 162 valence electrons. The number of hydrogen-bond acceptors (Lipinski definition) is 2. The number of hydrogen-bond donors (Lipinski definition) is 1. The Morgan fingerprint density at radius 2 is 1.87 bits per heavy atom. The van der Waals surface area contributed by atoms with E-state index in [0.29, 0.717) is 5.69 Å². The number of benzene rings is 2. The van der Waals surface area contributed by atoms with E-state index in [-0.39, 0.29) is 36.9 Å². The smallest absolute Gasteiger partial charge is 0.248 e. The lowest BCUT2D eigenvalue weighted by Crippen LogP contribution is -2.37. The Morgan fingerprint density at radius 1 is 1.13 bits per heavy atom. The van der Waals surface area contributed by atoms with Crippen LogP contribution in [0, 0.1) is 18.7 Å². The average Bonchev–Trinajstić information content (AvgIpc) is 2.69. The summed E-state index contributed by atoms with van der Waals surface area (Å²) in [6.45, 7) is 7.44. The summed E-state index contributed by atoms with van der Waals surface area (Å²) in [4.78, 5) is 14.4. The quantitative estimate of drug-likeness (QED) is 0.651. The first-order valence-electron chi connectivity index (χ1n) is 10.6. The monoisotopic (exact) mass is 418 g/mol. The van der Waals surface area contributed by atoms with E-state index >= 15 is 0 Å². The maximum absolute atomic E-state index is 13.4. The number of nitrogens with one attached hydrogen (secondary N) is 1. The lowest BCUT2D eigenvalue weighted by molar-refractivity contribution is -0.129. The van der Waals surface area contributed by atoms with Crippen molar-refractivity contribution in [3.63, 3.8) is 0 Å². The number of amides is 1. The molecule has 2 aromatic rings. The van der Waals surface area contributed by atoms with Gasteiger partial charge in [0.25, 0.3) is 0 Å². The molecule has 1 aliphatic heterocycles. The minimum Gasteiger partial charge on any atom is -0.367 e. The molecule has 1 fully saturated rings. The van der Waals surface area contributed by atoms with Crippen molar-refractivity contribution in [2.45, 2.75) is 58.9 Å². The van der Waals surface area contributed by atoms with Crippen molar-refractivity contribution < 1.29 is 18.0 Å². The summed E-state index contributed by atoms with van der Waals surface area (Å²) in [7, 11) is 0. The average molecular weight is 419 g/mol. The molecule has 2 aliphatic rings. The molecule has 1 N–H and O–H groups in total. The van der Waals surface area contributed by atoms with Gasteiger partial charge in [0.1, 0.15) is 5.82 Å². The molecule has 1 saturated carbocycles. The normalized spacial score (nSPS) is 17.3. The summed E-state index contributed by atoms with van der Waals surface area (Å²) < 4.78 is 39.2. The van der Waals surface area contributed by atoms with E-state index in [9.17, 15) is 18.0 Å². The predicted molar refractivity (Wildman–Crippen MR) is 115 cm³/mol. The van der Waals surface area contributed by atoms with E-state index in [1.54, 1.807) is 6.07 Å². The highest BCUT2D eigenvalue weighted by molar-refractivity contribution is 5.92. The number of aryl methyl sites for hydroxylation is 1. The molecule has 4 rings (SSSR count). The van der Waals surface area contributed by atoms with Crippen LogP contribution in [0.3, 0.4) is 0 Å². The van der Waals surface area contributed by atoms with E-state index < -0.39 is 5.92 Å². The van der Waals surface area contributed by atoms with Crippen LogP contribution in [0.4, 0.5) is 24.5 Å². The molecule has 0 aromatic heterocycles. The molecule has 0 atom stereocenters. The largest absolute Gasteiger partial charge is 0.367 e. The van der Waals surface area contributed by atoms with Crippen LogP contribution in [-0.4, -0.2) is 18.4 Å². The lowest BCUT2D eigenvalue weighted by atomic mass is 9.79. The van der Waals surface area contributed by atoms with Gasteiger partial charge in [0.05, 0.1) is 0 Å². The van der Waals surface area contributed by atoms with Gasteiger partial charge in [0, 0.05) is 43.7 Å². The van der Waals surface area contributed by atoms with Gasteiger partial charge in [-0.2, -0.15) is 0 Å². The fourth-order valence-electron chi connectivity index (χ4n) is 4.12. The second-order valence-corrected chi connectivity index (χ2v) is 7.97. The van der Waals surface area contributed by atoms with Crippen LogP contribution in [0.15, 0.2) is 36.4 Å². The van der Waals surface area contributed by atoms with Crippen molar-refractivity contribution in [2.75, 3.05) is 16.8 Å². The molecule has 1 heterocycles. The van der Waals surface area contributed by atoms with Crippen molar-refractivity contribution >= 4 is 17.3 Å². The highest BCUT2D eigenvalue weighted by Crippen LogP contribution is 2.44. The molecular formula is C24H29F3N2O. The summed E-state index contributed by atoms with van der Waals surface area (Å²) in [5, 5.41) is 2.84. The van der Waals surface area contributed by atoms with Gasteiger partial charge < -0.3 is 10.2 Å². The molecule has 0 radical (unpaired) electrons. The van der Waals surface area contributed by atoms with Crippen molar-refractivity contribution in [2.24, 2.45) is 5.92 Å². The number of anilines is 2. The molecule has 0 saturated heterocycles. The van der Waals surface area contributed by atoms with Crippen molar-refractivity contribution in [3.05, 3.63) is 58.9 Å². The fourth-order valence-corrected chi connectivity index (χ4v) is 4.12. The van der Waals surface area contributed by atoms with E-state index in [4.69, 9.17) is 0 Å².